The summed E-state index contributed by atoms with van der Waals surface area (Å²) in [5, 5.41) is 11.1. The first kappa shape index (κ1) is 7.67. The maximum Gasteiger partial charge on any atom is 0.134 e. The number of nitrogens with zero attached hydrogens (tertiary/aromatic N) is 3. The van der Waals surface area contributed by atoms with Gasteiger partial charge in [0.1, 0.15) is 5.82 Å². The number of nitrogens with two attached hydrogens (primary N) is 1. The molecule has 0 atom stereocenters. The zero-order valence-electron chi connectivity index (χ0n) is 5.64. The first-order valence-corrected chi connectivity index (χ1v) is 3.77. The third-order valence-electron chi connectivity index (χ3n) is 0.783. The van der Waals surface area contributed by atoms with Crippen molar-refractivity contribution < 1.29 is 0 Å². The fourth-order valence-electron chi connectivity index (χ4n) is 0.389. The number of nitrogen functional groups attached to an aromatic ring is 1. The number of rotatable bonds is 0. The SMILES string of the molecule is Nc1cscn1.c1cn[nH]n1. The van der Waals surface area contributed by atoms with Gasteiger partial charge in [-0.05, 0) is 0 Å². The molecule has 0 amide bonds. The summed E-state index contributed by atoms with van der Waals surface area (Å²) >= 11 is 1.50. The second kappa shape index (κ2) is 4.40. The Morgan fingerprint density at radius 2 is 2.09 bits per heavy atom. The summed E-state index contributed by atoms with van der Waals surface area (Å²) in [6.07, 6.45) is 3.17. The lowest BCUT2D eigenvalue weighted by Crippen LogP contribution is -1.79. The van der Waals surface area contributed by atoms with Gasteiger partial charge in [-0.2, -0.15) is 15.4 Å². The molecule has 11 heavy (non-hydrogen) atoms. The summed E-state index contributed by atoms with van der Waals surface area (Å²) in [6, 6.07) is 0. The molecule has 58 valence electrons. The number of hydrogen-bond donors (Lipinski definition) is 2. The maximum atomic E-state index is 5.18. The second-order valence-electron chi connectivity index (χ2n) is 1.57. The van der Waals surface area contributed by atoms with Crippen molar-refractivity contribution in [1.82, 2.24) is 20.4 Å². The van der Waals surface area contributed by atoms with Crippen molar-refractivity contribution >= 4 is 17.2 Å². The number of nitrogens with one attached hydrogen (secondary N) is 1. The Balaban J connectivity index is 0.000000112. The number of anilines is 1. The van der Waals surface area contributed by atoms with Gasteiger partial charge < -0.3 is 5.73 Å². The maximum absolute atomic E-state index is 5.18. The van der Waals surface area contributed by atoms with E-state index in [1.807, 2.05) is 0 Å². The highest BCUT2D eigenvalue weighted by Gasteiger charge is 1.76. The Labute approximate surface area is 67.3 Å². The molecule has 5 nitrogen and oxygen atoms in total. The summed E-state index contributed by atoms with van der Waals surface area (Å²) < 4.78 is 0. The lowest BCUT2D eigenvalue weighted by Gasteiger charge is -1.67. The third kappa shape index (κ3) is 3.31. The molecule has 0 saturated heterocycles. The minimum absolute atomic E-state index is 0.611. The number of H-pyrrole nitrogens is 1. The molecule has 0 unspecified atom stereocenters. The minimum atomic E-state index is 0.611. The monoisotopic (exact) mass is 169 g/mol. The van der Waals surface area contributed by atoms with Crippen LogP contribution >= 0.6 is 11.3 Å². The largest absolute Gasteiger partial charge is 0.383 e. The summed E-state index contributed by atoms with van der Waals surface area (Å²) in [5.74, 6) is 0.611. The molecule has 0 aliphatic carbocycles. The predicted octanol–water partition coefficient (Wildman–Crippen LogP) is 0.530. The van der Waals surface area contributed by atoms with Gasteiger partial charge in [0.2, 0.25) is 0 Å². The molecule has 0 aliphatic rings. The van der Waals surface area contributed by atoms with Crippen molar-refractivity contribution in [2.45, 2.75) is 0 Å². The number of hydrogen-bond acceptors (Lipinski definition) is 5. The smallest absolute Gasteiger partial charge is 0.134 e. The van der Waals surface area contributed by atoms with Gasteiger partial charge in [0.05, 0.1) is 17.9 Å². The molecule has 0 radical (unpaired) electrons. The van der Waals surface area contributed by atoms with Crippen molar-refractivity contribution in [3.8, 4) is 0 Å². The van der Waals surface area contributed by atoms with Gasteiger partial charge in [-0.15, -0.1) is 11.3 Å². The van der Waals surface area contributed by atoms with Crippen LogP contribution in [-0.2, 0) is 0 Å². The second-order valence-corrected chi connectivity index (χ2v) is 2.29. The Morgan fingerprint density at radius 3 is 2.27 bits per heavy atom. The topological polar surface area (TPSA) is 80.5 Å². The molecule has 6 heteroatoms. The Hall–Kier alpha value is -1.43. The normalized spacial score (nSPS) is 8.36. The number of aromatic nitrogens is 4. The minimum Gasteiger partial charge on any atom is -0.383 e. The fourth-order valence-corrected chi connectivity index (χ4v) is 0.832. The van der Waals surface area contributed by atoms with E-state index in [0.717, 1.165) is 0 Å². The molecule has 2 aromatic heterocycles. The Morgan fingerprint density at radius 1 is 1.36 bits per heavy atom. The van der Waals surface area contributed by atoms with E-state index in [2.05, 4.69) is 20.4 Å². The van der Waals surface area contributed by atoms with E-state index in [9.17, 15) is 0 Å². The van der Waals surface area contributed by atoms with E-state index >= 15 is 0 Å². The van der Waals surface area contributed by atoms with Crippen LogP contribution in [0.3, 0.4) is 0 Å². The molecule has 3 N–H and O–H groups in total. The predicted molar refractivity (Wildman–Crippen MR) is 42.9 cm³/mol. The molecule has 0 aliphatic heterocycles. The van der Waals surface area contributed by atoms with Crippen LogP contribution in [0.25, 0.3) is 0 Å². The van der Waals surface area contributed by atoms with Crippen LogP contribution in [0, 0.1) is 0 Å². The molecule has 0 bridgehead atoms. The molecule has 2 heterocycles. The zero-order valence-corrected chi connectivity index (χ0v) is 6.45. The van der Waals surface area contributed by atoms with Gasteiger partial charge in [0, 0.05) is 5.38 Å². The van der Waals surface area contributed by atoms with E-state index < -0.39 is 0 Å². The quantitative estimate of drug-likeness (QED) is 0.602. The van der Waals surface area contributed by atoms with Crippen molar-refractivity contribution in [1.29, 1.82) is 0 Å². The van der Waals surface area contributed by atoms with Crippen LogP contribution in [0.4, 0.5) is 5.82 Å². The van der Waals surface area contributed by atoms with Crippen LogP contribution in [0.2, 0.25) is 0 Å². The molecule has 2 aromatic rings. The summed E-state index contributed by atoms with van der Waals surface area (Å²) in [5.41, 5.74) is 6.88. The average molecular weight is 169 g/mol. The van der Waals surface area contributed by atoms with Crippen LogP contribution in [0.5, 0.6) is 0 Å². The molecule has 2 rings (SSSR count). The van der Waals surface area contributed by atoms with Gasteiger partial charge in [0.25, 0.3) is 0 Å². The van der Waals surface area contributed by atoms with Gasteiger partial charge in [-0.3, -0.25) is 0 Å². The van der Waals surface area contributed by atoms with E-state index in [-0.39, 0.29) is 0 Å². The fraction of sp³-hybridized carbons (Fsp3) is 0. The summed E-state index contributed by atoms with van der Waals surface area (Å²) in [4.78, 5) is 3.71. The van der Waals surface area contributed by atoms with Gasteiger partial charge in [-0.1, -0.05) is 0 Å². The molecule has 0 fully saturated rings. The molecular formula is C5H7N5S. The molecule has 0 aromatic carbocycles. The number of aromatic amines is 1. The van der Waals surface area contributed by atoms with E-state index in [1.54, 1.807) is 23.3 Å². The molecule has 0 saturated carbocycles. The van der Waals surface area contributed by atoms with Gasteiger partial charge >= 0.3 is 0 Å². The van der Waals surface area contributed by atoms with Gasteiger partial charge in [0.15, 0.2) is 0 Å². The van der Waals surface area contributed by atoms with Crippen LogP contribution in [0.15, 0.2) is 23.3 Å². The summed E-state index contributed by atoms with van der Waals surface area (Å²) in [6.45, 7) is 0. The van der Waals surface area contributed by atoms with Crippen LogP contribution in [0.1, 0.15) is 0 Å². The van der Waals surface area contributed by atoms with Crippen LogP contribution < -0.4 is 5.73 Å². The van der Waals surface area contributed by atoms with E-state index in [4.69, 9.17) is 5.73 Å². The third-order valence-corrected chi connectivity index (χ3v) is 1.39. The highest BCUT2D eigenvalue weighted by atomic mass is 32.1. The Bertz CT molecular complexity index is 233. The first-order chi connectivity index (χ1) is 5.39. The standard InChI is InChI=1S/C3H4N2S.C2H3N3/c4-3-1-6-2-5-3;1-2-4-5-3-1/h1-2H,4H2;1-2H,(H,3,4,5). The molecule has 0 spiro atoms. The van der Waals surface area contributed by atoms with Crippen molar-refractivity contribution in [2.75, 3.05) is 5.73 Å². The Kier molecular flexibility index (Phi) is 3.07. The van der Waals surface area contributed by atoms with Crippen LogP contribution in [-0.4, -0.2) is 20.4 Å². The van der Waals surface area contributed by atoms with Crippen molar-refractivity contribution in [3.05, 3.63) is 23.3 Å². The first-order valence-electron chi connectivity index (χ1n) is 2.83. The lowest BCUT2D eigenvalue weighted by atomic mass is 10.9. The highest BCUT2D eigenvalue weighted by Crippen LogP contribution is 1.99. The highest BCUT2D eigenvalue weighted by molar-refractivity contribution is 7.07. The van der Waals surface area contributed by atoms with Gasteiger partial charge in [-0.25, -0.2) is 4.98 Å². The average Bonchev–Trinajstić information content (AvgIpc) is 2.57. The zero-order chi connectivity index (χ0) is 7.94. The van der Waals surface area contributed by atoms with Crippen molar-refractivity contribution in [2.24, 2.45) is 0 Å². The number of thiazole rings is 1. The lowest BCUT2D eigenvalue weighted by molar-refractivity contribution is 0.940. The van der Waals surface area contributed by atoms with E-state index in [1.165, 1.54) is 11.3 Å². The summed E-state index contributed by atoms with van der Waals surface area (Å²) in [7, 11) is 0. The van der Waals surface area contributed by atoms with E-state index in [0.29, 0.717) is 5.82 Å². The molecular weight excluding hydrogens is 162 g/mol. The van der Waals surface area contributed by atoms with Crippen molar-refractivity contribution in [3.63, 3.8) is 0 Å².